The van der Waals surface area contributed by atoms with Crippen LogP contribution in [0.2, 0.25) is 0 Å². The number of hydrogen-bond acceptors (Lipinski definition) is 3. The Kier molecular flexibility index (Phi) is 6.31. The summed E-state index contributed by atoms with van der Waals surface area (Å²) < 4.78 is 5.94. The van der Waals surface area contributed by atoms with Crippen molar-refractivity contribution in [3.8, 4) is 0 Å². The molecule has 0 atom stereocenters. The van der Waals surface area contributed by atoms with Crippen molar-refractivity contribution in [3.05, 3.63) is 23.2 Å². The van der Waals surface area contributed by atoms with E-state index >= 15 is 0 Å². The molecular weight excluding hydrogens is 260 g/mol. The summed E-state index contributed by atoms with van der Waals surface area (Å²) in [6, 6.07) is 2.24. The van der Waals surface area contributed by atoms with Crippen LogP contribution in [-0.2, 0) is 13.1 Å². The Morgan fingerprint density at radius 3 is 2.67 bits per heavy atom. The van der Waals surface area contributed by atoms with E-state index in [1.807, 2.05) is 0 Å². The molecule has 1 aliphatic heterocycles. The maximum atomic E-state index is 5.94. The third kappa shape index (κ3) is 4.86. The summed E-state index contributed by atoms with van der Waals surface area (Å²) in [4.78, 5) is 2.54. The van der Waals surface area contributed by atoms with Crippen LogP contribution in [0.1, 0.15) is 57.1 Å². The van der Waals surface area contributed by atoms with Gasteiger partial charge in [0.2, 0.25) is 0 Å². The molecule has 2 rings (SSSR count). The van der Waals surface area contributed by atoms with Gasteiger partial charge in [0.15, 0.2) is 0 Å². The van der Waals surface area contributed by atoms with Gasteiger partial charge in [-0.25, -0.2) is 0 Å². The molecule has 1 aliphatic rings. The Balaban J connectivity index is 1.82. The van der Waals surface area contributed by atoms with E-state index in [0.29, 0.717) is 0 Å². The van der Waals surface area contributed by atoms with E-state index < -0.39 is 0 Å². The van der Waals surface area contributed by atoms with E-state index in [2.05, 4.69) is 44.0 Å². The number of nitrogens with zero attached hydrogens (tertiary/aromatic N) is 1. The van der Waals surface area contributed by atoms with Crippen molar-refractivity contribution in [1.29, 1.82) is 0 Å². The minimum absolute atomic E-state index is 0.828. The highest BCUT2D eigenvalue weighted by Crippen LogP contribution is 2.26. The average molecular weight is 292 g/mol. The standard InChI is InChI=1S/C18H32N2O/c1-5-8-19-12-17-11-18(21-15(17)4)13-20-9-6-16(7-10-20)14(2)3/h11,14,16,19H,5-10,12-13H2,1-4H3. The largest absolute Gasteiger partial charge is 0.465 e. The van der Waals surface area contributed by atoms with Gasteiger partial charge in [0.1, 0.15) is 11.5 Å². The zero-order chi connectivity index (χ0) is 15.2. The normalized spacial score (nSPS) is 17.8. The van der Waals surface area contributed by atoms with Gasteiger partial charge in [-0.2, -0.15) is 0 Å². The highest BCUT2D eigenvalue weighted by atomic mass is 16.3. The number of hydrogen-bond donors (Lipinski definition) is 1. The summed E-state index contributed by atoms with van der Waals surface area (Å²) in [6.07, 6.45) is 3.85. The van der Waals surface area contributed by atoms with Crippen LogP contribution < -0.4 is 5.32 Å². The Morgan fingerprint density at radius 1 is 1.33 bits per heavy atom. The fraction of sp³-hybridized carbons (Fsp3) is 0.778. The second-order valence-corrected chi connectivity index (χ2v) is 6.83. The van der Waals surface area contributed by atoms with Crippen LogP contribution >= 0.6 is 0 Å². The monoisotopic (exact) mass is 292 g/mol. The molecule has 0 radical (unpaired) electrons. The van der Waals surface area contributed by atoms with Gasteiger partial charge in [-0.3, -0.25) is 4.90 Å². The Labute approximate surface area is 130 Å². The molecule has 0 amide bonds. The molecule has 1 N–H and O–H groups in total. The number of aryl methyl sites for hydroxylation is 1. The molecule has 0 unspecified atom stereocenters. The average Bonchev–Trinajstić information content (AvgIpc) is 2.80. The van der Waals surface area contributed by atoms with Gasteiger partial charge in [-0.1, -0.05) is 20.8 Å². The minimum atomic E-state index is 0.828. The Bertz CT molecular complexity index is 417. The number of likely N-dealkylation sites (tertiary alicyclic amines) is 1. The Morgan fingerprint density at radius 2 is 2.05 bits per heavy atom. The van der Waals surface area contributed by atoms with Gasteiger partial charge in [0.05, 0.1) is 6.54 Å². The molecule has 3 heteroatoms. The molecule has 21 heavy (non-hydrogen) atoms. The SMILES string of the molecule is CCCNCc1cc(CN2CCC(C(C)C)CC2)oc1C. The zero-order valence-corrected chi connectivity index (χ0v) is 14.2. The number of piperidine rings is 1. The van der Waals surface area contributed by atoms with E-state index in [1.165, 1.54) is 37.9 Å². The van der Waals surface area contributed by atoms with Gasteiger partial charge in [-0.05, 0) is 63.7 Å². The number of furan rings is 1. The maximum Gasteiger partial charge on any atom is 0.118 e. The van der Waals surface area contributed by atoms with Crippen LogP contribution in [0.4, 0.5) is 0 Å². The van der Waals surface area contributed by atoms with Gasteiger partial charge < -0.3 is 9.73 Å². The van der Waals surface area contributed by atoms with Crippen LogP contribution in [0.5, 0.6) is 0 Å². The van der Waals surface area contributed by atoms with Crippen molar-refractivity contribution in [3.63, 3.8) is 0 Å². The first-order valence-electron chi connectivity index (χ1n) is 8.61. The van der Waals surface area contributed by atoms with Crippen molar-refractivity contribution in [2.75, 3.05) is 19.6 Å². The van der Waals surface area contributed by atoms with Gasteiger partial charge in [-0.15, -0.1) is 0 Å². The fourth-order valence-electron chi connectivity index (χ4n) is 3.24. The molecule has 0 aromatic carbocycles. The van der Waals surface area contributed by atoms with Crippen molar-refractivity contribution in [2.45, 2.75) is 60.0 Å². The molecule has 1 saturated heterocycles. The lowest BCUT2D eigenvalue weighted by molar-refractivity contribution is 0.143. The smallest absolute Gasteiger partial charge is 0.118 e. The van der Waals surface area contributed by atoms with Gasteiger partial charge >= 0.3 is 0 Å². The maximum absolute atomic E-state index is 5.94. The van der Waals surface area contributed by atoms with Crippen LogP contribution in [0.25, 0.3) is 0 Å². The minimum Gasteiger partial charge on any atom is -0.465 e. The molecule has 3 nitrogen and oxygen atoms in total. The number of rotatable bonds is 7. The van der Waals surface area contributed by atoms with Crippen molar-refractivity contribution in [1.82, 2.24) is 10.2 Å². The highest BCUT2D eigenvalue weighted by molar-refractivity contribution is 5.20. The third-order valence-corrected chi connectivity index (χ3v) is 4.77. The predicted octanol–water partition coefficient (Wildman–Crippen LogP) is 3.96. The molecule has 0 aliphatic carbocycles. The molecule has 2 heterocycles. The molecule has 1 aromatic heterocycles. The van der Waals surface area contributed by atoms with Crippen LogP contribution in [-0.4, -0.2) is 24.5 Å². The van der Waals surface area contributed by atoms with Crippen LogP contribution in [0.3, 0.4) is 0 Å². The van der Waals surface area contributed by atoms with Crippen molar-refractivity contribution in [2.24, 2.45) is 11.8 Å². The van der Waals surface area contributed by atoms with E-state index in [-0.39, 0.29) is 0 Å². The first-order chi connectivity index (χ1) is 10.1. The summed E-state index contributed by atoms with van der Waals surface area (Å²) in [6.45, 7) is 14.4. The summed E-state index contributed by atoms with van der Waals surface area (Å²) in [7, 11) is 0. The van der Waals surface area contributed by atoms with E-state index in [9.17, 15) is 0 Å². The lowest BCUT2D eigenvalue weighted by atomic mass is 9.87. The van der Waals surface area contributed by atoms with Crippen LogP contribution in [0, 0.1) is 18.8 Å². The summed E-state index contributed by atoms with van der Waals surface area (Å²) in [5.41, 5.74) is 1.32. The second-order valence-electron chi connectivity index (χ2n) is 6.83. The summed E-state index contributed by atoms with van der Waals surface area (Å²) in [5.74, 6) is 3.94. The fourth-order valence-corrected chi connectivity index (χ4v) is 3.24. The van der Waals surface area contributed by atoms with Crippen molar-refractivity contribution < 1.29 is 4.42 Å². The van der Waals surface area contributed by atoms with Crippen LogP contribution in [0.15, 0.2) is 10.5 Å². The molecular formula is C18H32N2O. The quantitative estimate of drug-likeness (QED) is 0.771. The van der Waals surface area contributed by atoms with Crippen molar-refractivity contribution >= 4 is 0 Å². The predicted molar refractivity (Wildman–Crippen MR) is 88.3 cm³/mol. The molecule has 1 aromatic rings. The van der Waals surface area contributed by atoms with E-state index in [1.54, 1.807) is 0 Å². The van der Waals surface area contributed by atoms with Gasteiger partial charge in [0.25, 0.3) is 0 Å². The second kappa shape index (κ2) is 8.00. The molecule has 1 fully saturated rings. The lowest BCUT2D eigenvalue weighted by Gasteiger charge is -2.33. The number of nitrogens with one attached hydrogen (secondary N) is 1. The van der Waals surface area contributed by atoms with Gasteiger partial charge in [0, 0.05) is 12.1 Å². The molecule has 0 saturated carbocycles. The first-order valence-corrected chi connectivity index (χ1v) is 8.61. The zero-order valence-electron chi connectivity index (χ0n) is 14.2. The molecule has 120 valence electrons. The topological polar surface area (TPSA) is 28.4 Å². The molecule has 0 spiro atoms. The van der Waals surface area contributed by atoms with E-state index in [4.69, 9.17) is 4.42 Å². The highest BCUT2D eigenvalue weighted by Gasteiger charge is 2.22. The first kappa shape index (κ1) is 16.6. The molecule has 0 bridgehead atoms. The lowest BCUT2D eigenvalue weighted by Crippen LogP contribution is -2.34. The third-order valence-electron chi connectivity index (χ3n) is 4.77. The summed E-state index contributed by atoms with van der Waals surface area (Å²) in [5, 5.41) is 3.45. The van der Waals surface area contributed by atoms with E-state index in [0.717, 1.165) is 43.0 Å². The summed E-state index contributed by atoms with van der Waals surface area (Å²) >= 11 is 0. The Hall–Kier alpha value is -0.800.